The van der Waals surface area contributed by atoms with Crippen molar-refractivity contribution >= 4 is 15.7 Å². The molecule has 2 fully saturated rings. The monoisotopic (exact) mass is 368 g/mol. The van der Waals surface area contributed by atoms with E-state index in [9.17, 15) is 13.2 Å². The molecule has 0 N–H and O–H groups in total. The highest BCUT2D eigenvalue weighted by molar-refractivity contribution is 7.91. The lowest BCUT2D eigenvalue weighted by molar-refractivity contribution is -0.133. The summed E-state index contributed by atoms with van der Waals surface area (Å²) >= 11 is 0. The van der Waals surface area contributed by atoms with E-state index < -0.39 is 9.84 Å². The van der Waals surface area contributed by atoms with Gasteiger partial charge in [0.05, 0.1) is 11.5 Å². The van der Waals surface area contributed by atoms with E-state index in [0.29, 0.717) is 25.3 Å². The van der Waals surface area contributed by atoms with Crippen molar-refractivity contribution in [1.82, 2.24) is 19.6 Å². The molecule has 1 aromatic heterocycles. The van der Waals surface area contributed by atoms with Crippen molar-refractivity contribution in [2.24, 2.45) is 5.92 Å². The molecule has 0 spiro atoms. The molecule has 0 bridgehead atoms. The fraction of sp³-hybridized carbons (Fsp3) is 0.765. The lowest BCUT2D eigenvalue weighted by Crippen LogP contribution is -2.41. The number of hydrogen-bond donors (Lipinski definition) is 0. The summed E-state index contributed by atoms with van der Waals surface area (Å²) in [6.07, 6.45) is 6.97. The summed E-state index contributed by atoms with van der Waals surface area (Å²) in [5.74, 6) is 1.27. The van der Waals surface area contributed by atoms with Gasteiger partial charge in [-0.2, -0.15) is 5.10 Å². The molecule has 25 heavy (non-hydrogen) atoms. The molecule has 8 heteroatoms. The molecule has 1 aromatic rings. The molecule has 0 aromatic carbocycles. The number of amides is 1. The smallest absolute Gasteiger partial charge is 0.223 e. The van der Waals surface area contributed by atoms with Gasteiger partial charge < -0.3 is 9.80 Å². The maximum absolute atomic E-state index is 12.4. The first-order chi connectivity index (χ1) is 11.9. The third-order valence-corrected chi connectivity index (χ3v) is 7.23. The van der Waals surface area contributed by atoms with Gasteiger partial charge in [0.1, 0.15) is 0 Å². The average molecular weight is 369 g/mol. The van der Waals surface area contributed by atoms with Gasteiger partial charge in [0.15, 0.2) is 9.84 Å². The number of carbonyl (C=O) groups excluding carboxylic acids is 1. The van der Waals surface area contributed by atoms with Crippen LogP contribution in [0.2, 0.25) is 0 Å². The van der Waals surface area contributed by atoms with Crippen molar-refractivity contribution in [2.75, 3.05) is 38.2 Å². The third-order valence-electron chi connectivity index (χ3n) is 5.48. The molecule has 1 atom stereocenters. The molecule has 2 aliphatic rings. The first-order valence-corrected chi connectivity index (χ1v) is 10.9. The van der Waals surface area contributed by atoms with Gasteiger partial charge in [0.25, 0.3) is 0 Å². The molecule has 0 unspecified atom stereocenters. The summed E-state index contributed by atoms with van der Waals surface area (Å²) in [6.45, 7) is 3.18. The van der Waals surface area contributed by atoms with Crippen LogP contribution in [-0.4, -0.2) is 78.1 Å². The predicted octanol–water partition coefficient (Wildman–Crippen LogP) is 0.631. The van der Waals surface area contributed by atoms with E-state index in [2.05, 4.69) is 5.10 Å². The van der Waals surface area contributed by atoms with Crippen LogP contribution < -0.4 is 0 Å². The minimum Gasteiger partial charge on any atom is -0.343 e. The van der Waals surface area contributed by atoms with Crippen molar-refractivity contribution in [3.8, 4) is 0 Å². The van der Waals surface area contributed by atoms with Crippen LogP contribution in [0.1, 0.15) is 25.7 Å². The van der Waals surface area contributed by atoms with E-state index in [4.69, 9.17) is 0 Å². The first kappa shape index (κ1) is 18.4. The summed E-state index contributed by atoms with van der Waals surface area (Å²) in [5, 5.41) is 4.25. The quantitative estimate of drug-likeness (QED) is 0.736. The fourth-order valence-corrected chi connectivity index (χ4v) is 5.58. The zero-order valence-electron chi connectivity index (χ0n) is 14.9. The third kappa shape index (κ3) is 5.04. The summed E-state index contributed by atoms with van der Waals surface area (Å²) < 4.78 is 25.1. The molecule has 2 saturated heterocycles. The number of rotatable bonds is 6. The van der Waals surface area contributed by atoms with Gasteiger partial charge >= 0.3 is 0 Å². The number of aromatic nitrogens is 2. The Hall–Kier alpha value is -1.41. The number of piperidine rings is 1. The lowest BCUT2D eigenvalue weighted by atomic mass is 9.96. The Kier molecular flexibility index (Phi) is 5.78. The van der Waals surface area contributed by atoms with Crippen molar-refractivity contribution in [2.45, 2.75) is 38.3 Å². The van der Waals surface area contributed by atoms with Gasteiger partial charge in [-0.3, -0.25) is 9.48 Å². The van der Waals surface area contributed by atoms with Crippen molar-refractivity contribution in [3.05, 3.63) is 18.5 Å². The molecule has 0 radical (unpaired) electrons. The highest BCUT2D eigenvalue weighted by Gasteiger charge is 2.31. The average Bonchev–Trinajstić information content (AvgIpc) is 3.22. The maximum atomic E-state index is 12.4. The van der Waals surface area contributed by atoms with Crippen LogP contribution in [0.3, 0.4) is 0 Å². The minimum absolute atomic E-state index is 0.0672. The van der Waals surface area contributed by atoms with Crippen LogP contribution >= 0.6 is 0 Å². The number of carbonyl (C=O) groups is 1. The second-order valence-electron chi connectivity index (χ2n) is 7.34. The Morgan fingerprint density at radius 1 is 1.28 bits per heavy atom. The van der Waals surface area contributed by atoms with Crippen LogP contribution in [0.25, 0.3) is 0 Å². The Morgan fingerprint density at radius 3 is 2.64 bits per heavy atom. The Labute approximate surface area is 149 Å². The van der Waals surface area contributed by atoms with E-state index in [1.807, 2.05) is 33.8 Å². The van der Waals surface area contributed by atoms with E-state index >= 15 is 0 Å². The van der Waals surface area contributed by atoms with E-state index in [0.717, 1.165) is 32.5 Å². The van der Waals surface area contributed by atoms with Gasteiger partial charge in [-0.1, -0.05) is 0 Å². The van der Waals surface area contributed by atoms with Crippen molar-refractivity contribution in [3.63, 3.8) is 0 Å². The lowest BCUT2D eigenvalue weighted by Gasteiger charge is -2.32. The highest BCUT2D eigenvalue weighted by Crippen LogP contribution is 2.20. The molecule has 7 nitrogen and oxygen atoms in total. The normalized spacial score (nSPS) is 24.1. The van der Waals surface area contributed by atoms with Gasteiger partial charge in [-0.25, -0.2) is 8.42 Å². The molecule has 1 amide bonds. The summed E-state index contributed by atoms with van der Waals surface area (Å²) in [4.78, 5) is 16.4. The molecular weight excluding hydrogens is 340 g/mol. The predicted molar refractivity (Wildman–Crippen MR) is 95.8 cm³/mol. The van der Waals surface area contributed by atoms with Gasteiger partial charge in [-0.05, 0) is 38.3 Å². The van der Waals surface area contributed by atoms with Gasteiger partial charge in [0, 0.05) is 51.0 Å². The van der Waals surface area contributed by atoms with Gasteiger partial charge in [-0.15, -0.1) is 0 Å². The van der Waals surface area contributed by atoms with Gasteiger partial charge in [0.2, 0.25) is 5.91 Å². The number of nitrogens with zero attached hydrogens (tertiary/aromatic N) is 4. The number of hydrogen-bond acceptors (Lipinski definition) is 5. The van der Waals surface area contributed by atoms with Crippen LogP contribution in [0.4, 0.5) is 0 Å². The van der Waals surface area contributed by atoms with Crippen molar-refractivity contribution < 1.29 is 13.2 Å². The molecule has 140 valence electrons. The molecule has 0 saturated carbocycles. The van der Waals surface area contributed by atoms with Crippen LogP contribution in [0.15, 0.2) is 18.5 Å². The highest BCUT2D eigenvalue weighted by atomic mass is 32.2. The summed E-state index contributed by atoms with van der Waals surface area (Å²) in [7, 11) is -0.946. The first-order valence-electron chi connectivity index (χ1n) is 9.09. The fourth-order valence-electron chi connectivity index (χ4n) is 3.77. The van der Waals surface area contributed by atoms with E-state index in [1.165, 1.54) is 0 Å². The molecule has 3 rings (SSSR count). The van der Waals surface area contributed by atoms with Crippen LogP contribution in [0, 0.1) is 5.92 Å². The van der Waals surface area contributed by atoms with Crippen molar-refractivity contribution in [1.29, 1.82) is 0 Å². The standard InChI is InChI=1S/C17H28N4O3S/c1-19(16-6-12-25(23,24)14-16)9-5-17(22)20-10-3-15(4-11-20)13-21-8-2-7-18-21/h2,7-8,15-16H,3-6,9-14H2,1H3/t16-/m0/s1. The van der Waals surface area contributed by atoms with Crippen LogP contribution in [-0.2, 0) is 21.2 Å². The topological polar surface area (TPSA) is 75.5 Å². The second-order valence-corrected chi connectivity index (χ2v) is 9.57. The summed E-state index contributed by atoms with van der Waals surface area (Å²) in [5.41, 5.74) is 0. The Bertz CT molecular complexity index is 666. The second kappa shape index (κ2) is 7.86. The largest absolute Gasteiger partial charge is 0.343 e. The maximum Gasteiger partial charge on any atom is 0.223 e. The molecule has 3 heterocycles. The number of sulfone groups is 1. The minimum atomic E-state index is -2.87. The Balaban J connectivity index is 1.38. The van der Waals surface area contributed by atoms with E-state index in [-0.39, 0.29) is 23.5 Å². The number of likely N-dealkylation sites (tertiary alicyclic amines) is 1. The van der Waals surface area contributed by atoms with E-state index in [1.54, 1.807) is 6.20 Å². The zero-order chi connectivity index (χ0) is 17.9. The summed E-state index contributed by atoms with van der Waals surface area (Å²) in [6, 6.07) is 2.00. The molecule has 2 aliphatic heterocycles. The molecule has 0 aliphatic carbocycles. The van der Waals surface area contributed by atoms with Crippen LogP contribution in [0.5, 0.6) is 0 Å². The zero-order valence-corrected chi connectivity index (χ0v) is 15.7. The molecular formula is C17H28N4O3S. The Morgan fingerprint density at radius 2 is 2.04 bits per heavy atom. The SMILES string of the molecule is CN(CCC(=O)N1CCC(Cn2cccn2)CC1)[C@H]1CCS(=O)(=O)C1.